The van der Waals surface area contributed by atoms with Crippen LogP contribution in [0.25, 0.3) is 5.69 Å². The van der Waals surface area contributed by atoms with Gasteiger partial charge in [0.2, 0.25) is 0 Å². The number of nitrogens with one attached hydrogen (secondary N) is 1. The van der Waals surface area contributed by atoms with E-state index < -0.39 is 5.82 Å². The summed E-state index contributed by atoms with van der Waals surface area (Å²) in [6, 6.07) is 5.02. The van der Waals surface area contributed by atoms with Gasteiger partial charge in [-0.15, -0.1) is 0 Å². The molecule has 0 aliphatic heterocycles. The molecule has 102 valence electrons. The van der Waals surface area contributed by atoms with Crippen LogP contribution in [0.15, 0.2) is 24.4 Å². The Morgan fingerprint density at radius 1 is 1.42 bits per heavy atom. The number of nitrogens with zero attached hydrogens (tertiary/aromatic N) is 2. The fourth-order valence-corrected chi connectivity index (χ4v) is 1.98. The van der Waals surface area contributed by atoms with Crippen LogP contribution in [-0.4, -0.2) is 15.8 Å². The summed E-state index contributed by atoms with van der Waals surface area (Å²) in [4.78, 5) is 0. The molecule has 5 heteroatoms. The molecule has 1 N–H and O–H groups in total. The third kappa shape index (κ3) is 3.14. The number of rotatable bonds is 4. The highest BCUT2D eigenvalue weighted by atomic mass is 35.5. The van der Waals surface area contributed by atoms with E-state index in [9.17, 15) is 4.39 Å². The maximum atomic E-state index is 13.2. The Kier molecular flexibility index (Phi) is 4.22. The zero-order chi connectivity index (χ0) is 14.0. The average molecular weight is 282 g/mol. The van der Waals surface area contributed by atoms with Crippen molar-refractivity contribution in [2.24, 2.45) is 0 Å². The molecule has 0 saturated heterocycles. The summed E-state index contributed by atoms with van der Waals surface area (Å²) in [6.45, 7) is 6.94. The third-order valence-corrected chi connectivity index (χ3v) is 3.25. The Balaban J connectivity index is 2.28. The molecule has 1 aromatic carbocycles. The lowest BCUT2D eigenvalue weighted by molar-refractivity contribution is 0.587. The molecule has 0 saturated carbocycles. The summed E-state index contributed by atoms with van der Waals surface area (Å²) < 4.78 is 14.9. The molecule has 2 rings (SSSR count). The number of benzene rings is 1. The van der Waals surface area contributed by atoms with Crippen molar-refractivity contribution in [3.8, 4) is 5.69 Å². The molecular formula is C14H17ClFN3. The largest absolute Gasteiger partial charge is 0.310 e. The second kappa shape index (κ2) is 5.72. The molecule has 0 aliphatic carbocycles. The Morgan fingerprint density at radius 3 is 2.79 bits per heavy atom. The van der Waals surface area contributed by atoms with Gasteiger partial charge < -0.3 is 5.32 Å². The third-order valence-electron chi connectivity index (χ3n) is 2.96. The van der Waals surface area contributed by atoms with Crippen molar-refractivity contribution in [1.82, 2.24) is 15.1 Å². The van der Waals surface area contributed by atoms with Gasteiger partial charge in [-0.3, -0.25) is 0 Å². The zero-order valence-corrected chi connectivity index (χ0v) is 12.0. The number of halogens is 2. The minimum Gasteiger partial charge on any atom is -0.310 e. The van der Waals surface area contributed by atoms with Gasteiger partial charge >= 0.3 is 0 Å². The van der Waals surface area contributed by atoms with E-state index in [-0.39, 0.29) is 5.02 Å². The van der Waals surface area contributed by atoms with Gasteiger partial charge in [0.25, 0.3) is 0 Å². The summed E-state index contributed by atoms with van der Waals surface area (Å²) in [5, 5.41) is 7.78. The Hall–Kier alpha value is -1.39. The SMILES string of the molecule is Cc1c(CNC(C)C)cnn1-c1ccc(F)c(Cl)c1. The lowest BCUT2D eigenvalue weighted by Crippen LogP contribution is -2.22. The molecule has 0 fully saturated rings. The van der Waals surface area contributed by atoms with Crippen molar-refractivity contribution in [3.05, 3.63) is 46.5 Å². The maximum absolute atomic E-state index is 13.2. The topological polar surface area (TPSA) is 29.9 Å². The first-order valence-corrected chi connectivity index (χ1v) is 6.59. The van der Waals surface area contributed by atoms with Crippen LogP contribution < -0.4 is 5.32 Å². The molecule has 1 aromatic heterocycles. The quantitative estimate of drug-likeness (QED) is 0.930. The molecule has 0 spiro atoms. The van der Waals surface area contributed by atoms with Gasteiger partial charge in [0.05, 0.1) is 16.9 Å². The van der Waals surface area contributed by atoms with Crippen molar-refractivity contribution in [3.63, 3.8) is 0 Å². The summed E-state index contributed by atoms with van der Waals surface area (Å²) >= 11 is 5.80. The van der Waals surface area contributed by atoms with Crippen LogP contribution in [0.1, 0.15) is 25.1 Å². The first kappa shape index (κ1) is 14.0. The van der Waals surface area contributed by atoms with E-state index in [4.69, 9.17) is 11.6 Å². The van der Waals surface area contributed by atoms with Gasteiger partial charge in [-0.1, -0.05) is 25.4 Å². The van der Waals surface area contributed by atoms with E-state index >= 15 is 0 Å². The standard InChI is InChI=1S/C14H17ClFN3/c1-9(2)17-7-11-8-18-19(10(11)3)12-4-5-14(16)13(15)6-12/h4-6,8-9,17H,7H2,1-3H3. The molecule has 1 heterocycles. The van der Waals surface area contributed by atoms with Crippen molar-refractivity contribution >= 4 is 11.6 Å². The van der Waals surface area contributed by atoms with Crippen molar-refractivity contribution in [2.75, 3.05) is 0 Å². The van der Waals surface area contributed by atoms with Crippen LogP contribution in [-0.2, 0) is 6.54 Å². The molecule has 2 aromatic rings. The Morgan fingerprint density at radius 2 is 2.16 bits per heavy atom. The smallest absolute Gasteiger partial charge is 0.141 e. The normalized spacial score (nSPS) is 11.3. The second-order valence-corrected chi connectivity index (χ2v) is 5.21. The van der Waals surface area contributed by atoms with Crippen LogP contribution >= 0.6 is 11.6 Å². The van der Waals surface area contributed by atoms with Gasteiger partial charge in [-0.2, -0.15) is 5.10 Å². The Labute approximate surface area is 117 Å². The number of hydrogen-bond acceptors (Lipinski definition) is 2. The molecule has 0 amide bonds. The van der Waals surface area contributed by atoms with Crippen molar-refractivity contribution in [1.29, 1.82) is 0 Å². The lowest BCUT2D eigenvalue weighted by atomic mass is 10.2. The highest BCUT2D eigenvalue weighted by Crippen LogP contribution is 2.20. The van der Waals surface area contributed by atoms with Crippen LogP contribution in [0.4, 0.5) is 4.39 Å². The summed E-state index contributed by atoms with van der Waals surface area (Å²) in [5.74, 6) is -0.420. The summed E-state index contributed by atoms with van der Waals surface area (Å²) in [5.41, 5.74) is 2.91. The van der Waals surface area contributed by atoms with Gasteiger partial charge in [-0.25, -0.2) is 9.07 Å². The second-order valence-electron chi connectivity index (χ2n) is 4.80. The van der Waals surface area contributed by atoms with Crippen LogP contribution in [0.2, 0.25) is 5.02 Å². The molecule has 0 radical (unpaired) electrons. The Bertz CT molecular complexity index is 578. The highest BCUT2D eigenvalue weighted by molar-refractivity contribution is 6.30. The van der Waals surface area contributed by atoms with Gasteiger partial charge in [0, 0.05) is 23.8 Å². The first-order chi connectivity index (χ1) is 8.99. The average Bonchev–Trinajstić information content (AvgIpc) is 2.72. The molecule has 0 atom stereocenters. The van der Waals surface area contributed by atoms with E-state index in [2.05, 4.69) is 24.3 Å². The summed E-state index contributed by atoms with van der Waals surface area (Å²) in [6.07, 6.45) is 1.82. The van der Waals surface area contributed by atoms with Gasteiger partial charge in [0.15, 0.2) is 0 Å². The van der Waals surface area contributed by atoms with Crippen molar-refractivity contribution in [2.45, 2.75) is 33.4 Å². The zero-order valence-electron chi connectivity index (χ0n) is 11.2. The molecule has 0 bridgehead atoms. The lowest BCUT2D eigenvalue weighted by Gasteiger charge is -2.09. The van der Waals surface area contributed by atoms with E-state index in [1.54, 1.807) is 16.8 Å². The van der Waals surface area contributed by atoms with Crippen LogP contribution in [0.5, 0.6) is 0 Å². The summed E-state index contributed by atoms with van der Waals surface area (Å²) in [7, 11) is 0. The number of aromatic nitrogens is 2. The van der Waals surface area contributed by atoms with Crippen LogP contribution in [0.3, 0.4) is 0 Å². The molecule has 0 unspecified atom stereocenters. The van der Waals surface area contributed by atoms with Gasteiger partial charge in [0.1, 0.15) is 5.82 Å². The molecule has 3 nitrogen and oxygen atoms in total. The minimum absolute atomic E-state index is 0.106. The van der Waals surface area contributed by atoms with Crippen molar-refractivity contribution < 1.29 is 4.39 Å². The van der Waals surface area contributed by atoms with E-state index in [1.165, 1.54) is 6.07 Å². The fraction of sp³-hybridized carbons (Fsp3) is 0.357. The van der Waals surface area contributed by atoms with E-state index in [0.717, 1.165) is 23.5 Å². The predicted molar refractivity (Wildman–Crippen MR) is 75.2 cm³/mol. The molecule has 19 heavy (non-hydrogen) atoms. The van der Waals surface area contributed by atoms with Gasteiger partial charge in [-0.05, 0) is 25.1 Å². The van der Waals surface area contributed by atoms with E-state index in [1.807, 2.05) is 13.1 Å². The van der Waals surface area contributed by atoms with E-state index in [0.29, 0.717) is 6.04 Å². The minimum atomic E-state index is -0.420. The highest BCUT2D eigenvalue weighted by Gasteiger charge is 2.10. The first-order valence-electron chi connectivity index (χ1n) is 6.21. The molecule has 0 aliphatic rings. The monoisotopic (exact) mass is 281 g/mol. The predicted octanol–water partition coefficient (Wildman–Crippen LogP) is 3.47. The number of hydrogen-bond donors (Lipinski definition) is 1. The molecular weight excluding hydrogens is 265 g/mol. The van der Waals surface area contributed by atoms with Crippen LogP contribution in [0, 0.1) is 12.7 Å². The fourth-order valence-electron chi connectivity index (χ4n) is 1.81. The maximum Gasteiger partial charge on any atom is 0.141 e.